The van der Waals surface area contributed by atoms with Crippen molar-refractivity contribution in [3.05, 3.63) is 26.7 Å². The van der Waals surface area contributed by atoms with Crippen LogP contribution in [-0.2, 0) is 24.1 Å². The number of ether oxygens (including phenoxy) is 1. The van der Waals surface area contributed by atoms with Crippen LogP contribution in [0.5, 0.6) is 5.19 Å². The molecular formula is C26H39N3O2S2. The van der Waals surface area contributed by atoms with Gasteiger partial charge in [-0.1, -0.05) is 38.0 Å². The zero-order valence-electron chi connectivity index (χ0n) is 20.5. The minimum Gasteiger partial charge on any atom is -0.470 e. The van der Waals surface area contributed by atoms with Crippen molar-refractivity contribution in [1.82, 2.24) is 14.9 Å². The molecule has 5 nitrogen and oxygen atoms in total. The Morgan fingerprint density at radius 1 is 1.15 bits per heavy atom. The van der Waals surface area contributed by atoms with Crippen molar-refractivity contribution in [2.45, 2.75) is 78.6 Å². The molecule has 1 fully saturated rings. The number of Topliss-reactive ketones (excluding diaryl/α,β-unsaturated/α-hetero) is 1. The van der Waals surface area contributed by atoms with Crippen LogP contribution in [0.25, 0.3) is 0 Å². The fraction of sp³-hybridized carbons (Fsp3) is 0.731. The summed E-state index contributed by atoms with van der Waals surface area (Å²) in [5.74, 6) is 2.35. The maximum Gasteiger partial charge on any atom is 0.273 e. The number of nitrogens with zero attached hydrogens (tertiary/aromatic N) is 3. The van der Waals surface area contributed by atoms with Crippen LogP contribution in [0, 0.1) is 24.7 Å². The minimum atomic E-state index is 0.394. The van der Waals surface area contributed by atoms with E-state index in [-0.39, 0.29) is 0 Å². The SMILES string of the molecule is Cc1ncc(CC(=O)CC2CCC(CCN3CCc4nc(OCC(C)C)sc4CC3)CC2)s1. The molecule has 0 radical (unpaired) electrons. The van der Waals surface area contributed by atoms with E-state index >= 15 is 0 Å². The summed E-state index contributed by atoms with van der Waals surface area (Å²) >= 11 is 3.41. The van der Waals surface area contributed by atoms with Crippen molar-refractivity contribution < 1.29 is 9.53 Å². The van der Waals surface area contributed by atoms with Crippen LogP contribution >= 0.6 is 22.7 Å². The van der Waals surface area contributed by atoms with Crippen LogP contribution in [-0.4, -0.2) is 46.9 Å². The van der Waals surface area contributed by atoms with Crippen LogP contribution in [0.4, 0.5) is 0 Å². The second-order valence-electron chi connectivity index (χ2n) is 10.3. The van der Waals surface area contributed by atoms with Gasteiger partial charge in [-0.3, -0.25) is 4.79 Å². The van der Waals surface area contributed by atoms with Gasteiger partial charge in [0.2, 0.25) is 0 Å². The Labute approximate surface area is 207 Å². The van der Waals surface area contributed by atoms with Crippen molar-refractivity contribution >= 4 is 28.5 Å². The average molecular weight is 490 g/mol. The Morgan fingerprint density at radius 3 is 2.64 bits per heavy atom. The molecule has 0 saturated heterocycles. The third-order valence-electron chi connectivity index (χ3n) is 7.00. The van der Waals surface area contributed by atoms with Gasteiger partial charge in [-0.2, -0.15) is 0 Å². The highest BCUT2D eigenvalue weighted by atomic mass is 32.1. The van der Waals surface area contributed by atoms with E-state index in [1.165, 1.54) is 49.2 Å². The molecule has 2 aliphatic rings. The number of aryl methyl sites for hydroxylation is 1. The van der Waals surface area contributed by atoms with Crippen LogP contribution in [0.1, 0.15) is 72.8 Å². The molecule has 0 bridgehead atoms. The maximum atomic E-state index is 12.5. The lowest BCUT2D eigenvalue weighted by Gasteiger charge is -2.30. The Kier molecular flexibility index (Phi) is 8.94. The second-order valence-corrected chi connectivity index (χ2v) is 12.7. The van der Waals surface area contributed by atoms with E-state index in [1.807, 2.05) is 13.1 Å². The highest BCUT2D eigenvalue weighted by Crippen LogP contribution is 2.34. The number of fused-ring (bicyclic) bond motifs is 1. The van der Waals surface area contributed by atoms with Crippen molar-refractivity contribution in [2.24, 2.45) is 17.8 Å². The molecule has 2 aromatic rings. The predicted molar refractivity (Wildman–Crippen MR) is 137 cm³/mol. The summed E-state index contributed by atoms with van der Waals surface area (Å²) in [6.07, 6.45) is 11.7. The van der Waals surface area contributed by atoms with Gasteiger partial charge >= 0.3 is 0 Å². The van der Waals surface area contributed by atoms with E-state index in [0.29, 0.717) is 24.0 Å². The van der Waals surface area contributed by atoms with Gasteiger partial charge in [0.1, 0.15) is 5.78 Å². The number of carbonyl (C=O) groups is 1. The fourth-order valence-electron chi connectivity index (χ4n) is 5.07. The zero-order valence-corrected chi connectivity index (χ0v) is 22.1. The highest BCUT2D eigenvalue weighted by Gasteiger charge is 2.25. The lowest BCUT2D eigenvalue weighted by atomic mass is 9.78. The molecule has 1 saturated carbocycles. The number of ketones is 1. The van der Waals surface area contributed by atoms with Gasteiger partial charge in [0.05, 0.1) is 17.3 Å². The quantitative estimate of drug-likeness (QED) is 0.426. The first-order valence-electron chi connectivity index (χ1n) is 12.7. The van der Waals surface area contributed by atoms with E-state index in [1.54, 1.807) is 22.7 Å². The topological polar surface area (TPSA) is 55.3 Å². The van der Waals surface area contributed by atoms with Gasteiger partial charge in [-0.05, 0) is 56.9 Å². The van der Waals surface area contributed by atoms with Crippen molar-refractivity contribution in [2.75, 3.05) is 26.2 Å². The third-order valence-corrected chi connectivity index (χ3v) is 8.98. The number of rotatable bonds is 10. The zero-order chi connectivity index (χ0) is 23.2. The summed E-state index contributed by atoms with van der Waals surface area (Å²) < 4.78 is 5.85. The van der Waals surface area contributed by atoms with Gasteiger partial charge in [0, 0.05) is 48.3 Å². The molecule has 3 heterocycles. The van der Waals surface area contributed by atoms with Crippen LogP contribution in [0.2, 0.25) is 0 Å². The van der Waals surface area contributed by atoms with E-state index in [9.17, 15) is 4.79 Å². The number of hydrogen-bond acceptors (Lipinski definition) is 7. The van der Waals surface area contributed by atoms with Gasteiger partial charge < -0.3 is 9.64 Å². The molecule has 0 amide bonds. The van der Waals surface area contributed by atoms with Gasteiger partial charge in [-0.25, -0.2) is 9.97 Å². The molecule has 0 aromatic carbocycles. The summed E-state index contributed by atoms with van der Waals surface area (Å²) in [6.45, 7) is 10.6. The molecule has 1 aliphatic carbocycles. The van der Waals surface area contributed by atoms with Gasteiger partial charge in [-0.15, -0.1) is 11.3 Å². The van der Waals surface area contributed by atoms with Crippen LogP contribution in [0.15, 0.2) is 6.20 Å². The lowest BCUT2D eigenvalue weighted by molar-refractivity contribution is -0.119. The number of thiazole rings is 2. The molecule has 7 heteroatoms. The summed E-state index contributed by atoms with van der Waals surface area (Å²) in [5, 5.41) is 1.91. The molecule has 0 atom stereocenters. The van der Waals surface area contributed by atoms with E-state index in [2.05, 4.69) is 23.7 Å². The first kappa shape index (κ1) is 24.8. The summed E-state index contributed by atoms with van der Waals surface area (Å²) in [7, 11) is 0. The standard InChI is InChI=1S/C26H39N3O2S2/c1-18(2)17-31-26-28-24-9-12-29(13-10-25(24)33-26)11-8-20-4-6-21(7-5-20)14-22(30)15-23-16-27-19(3)32-23/h16,18,20-21H,4-15,17H2,1-3H3. The summed E-state index contributed by atoms with van der Waals surface area (Å²) in [5.41, 5.74) is 1.26. The van der Waals surface area contributed by atoms with E-state index in [0.717, 1.165) is 60.0 Å². The molecule has 0 unspecified atom stereocenters. The van der Waals surface area contributed by atoms with Gasteiger partial charge in [0.15, 0.2) is 0 Å². The Hall–Kier alpha value is -1.31. The predicted octanol–water partition coefficient (Wildman–Crippen LogP) is 5.74. The van der Waals surface area contributed by atoms with Crippen LogP contribution in [0.3, 0.4) is 0 Å². The first-order valence-corrected chi connectivity index (χ1v) is 14.3. The largest absolute Gasteiger partial charge is 0.470 e. The fourth-order valence-corrected chi connectivity index (χ4v) is 6.85. The number of hydrogen-bond donors (Lipinski definition) is 0. The Morgan fingerprint density at radius 2 is 1.91 bits per heavy atom. The Balaban J connectivity index is 1.13. The molecule has 4 rings (SSSR count). The highest BCUT2D eigenvalue weighted by molar-refractivity contribution is 7.13. The Bertz CT molecular complexity index is 874. The van der Waals surface area contributed by atoms with E-state index in [4.69, 9.17) is 9.72 Å². The minimum absolute atomic E-state index is 0.394. The lowest BCUT2D eigenvalue weighted by Crippen LogP contribution is -2.30. The smallest absolute Gasteiger partial charge is 0.273 e. The normalized spacial score (nSPS) is 21.7. The summed E-state index contributed by atoms with van der Waals surface area (Å²) in [6, 6.07) is 0. The molecule has 0 spiro atoms. The average Bonchev–Trinajstić information content (AvgIpc) is 3.32. The molecule has 182 valence electrons. The van der Waals surface area contributed by atoms with Crippen molar-refractivity contribution in [3.8, 4) is 5.19 Å². The van der Waals surface area contributed by atoms with Crippen molar-refractivity contribution in [1.29, 1.82) is 0 Å². The van der Waals surface area contributed by atoms with Crippen LogP contribution < -0.4 is 4.74 Å². The second kappa shape index (κ2) is 11.9. The third kappa shape index (κ3) is 7.59. The molecule has 33 heavy (non-hydrogen) atoms. The number of aromatic nitrogens is 2. The molecule has 2 aromatic heterocycles. The summed E-state index contributed by atoms with van der Waals surface area (Å²) in [4.78, 5) is 26.7. The first-order chi connectivity index (χ1) is 15.9. The van der Waals surface area contributed by atoms with E-state index < -0.39 is 0 Å². The molecular weight excluding hydrogens is 450 g/mol. The van der Waals surface area contributed by atoms with Gasteiger partial charge in [0.25, 0.3) is 5.19 Å². The number of carbonyl (C=O) groups excluding carboxylic acids is 1. The monoisotopic (exact) mass is 489 g/mol. The molecule has 0 N–H and O–H groups in total. The molecule has 1 aliphatic heterocycles. The maximum absolute atomic E-state index is 12.5. The van der Waals surface area contributed by atoms with Crippen molar-refractivity contribution in [3.63, 3.8) is 0 Å².